The summed E-state index contributed by atoms with van der Waals surface area (Å²) in [5, 5.41) is 2.68. The lowest BCUT2D eigenvalue weighted by atomic mass is 10.1. The second-order valence-corrected chi connectivity index (χ2v) is 11.8. The molecular formula is C24H27Cl3F3N3O4S. The van der Waals surface area contributed by atoms with Gasteiger partial charge in [-0.25, -0.2) is 8.42 Å². The van der Waals surface area contributed by atoms with Crippen molar-refractivity contribution in [2.75, 3.05) is 17.1 Å². The number of carbonyl (C=O) groups is 2. The van der Waals surface area contributed by atoms with Gasteiger partial charge in [-0.3, -0.25) is 13.9 Å². The van der Waals surface area contributed by atoms with Gasteiger partial charge in [0, 0.05) is 22.6 Å². The molecule has 14 heteroatoms. The van der Waals surface area contributed by atoms with Crippen LogP contribution in [0.1, 0.15) is 38.3 Å². The van der Waals surface area contributed by atoms with Crippen LogP contribution in [-0.4, -0.2) is 50.0 Å². The fourth-order valence-corrected chi connectivity index (χ4v) is 4.92. The van der Waals surface area contributed by atoms with Gasteiger partial charge in [-0.1, -0.05) is 47.8 Å². The highest BCUT2D eigenvalue weighted by molar-refractivity contribution is 7.92. The summed E-state index contributed by atoms with van der Waals surface area (Å²) >= 11 is 17.9. The lowest BCUT2D eigenvalue weighted by molar-refractivity contribution is -0.139. The van der Waals surface area contributed by atoms with E-state index in [2.05, 4.69) is 5.32 Å². The van der Waals surface area contributed by atoms with Crippen LogP contribution in [0.15, 0.2) is 36.4 Å². The molecule has 0 fully saturated rings. The molecule has 2 rings (SSSR count). The number of carbonyl (C=O) groups excluding carboxylic acids is 2. The molecule has 38 heavy (non-hydrogen) atoms. The number of hydrogen-bond donors (Lipinski definition) is 1. The van der Waals surface area contributed by atoms with E-state index in [0.717, 1.165) is 23.3 Å². The predicted molar refractivity (Wildman–Crippen MR) is 143 cm³/mol. The van der Waals surface area contributed by atoms with Gasteiger partial charge in [0.15, 0.2) is 0 Å². The van der Waals surface area contributed by atoms with Gasteiger partial charge in [-0.15, -0.1) is 0 Å². The van der Waals surface area contributed by atoms with Crippen LogP contribution in [0.3, 0.4) is 0 Å². The maximum Gasteiger partial charge on any atom is 0.417 e. The summed E-state index contributed by atoms with van der Waals surface area (Å²) in [7, 11) is -4.25. The fourth-order valence-electron chi connectivity index (χ4n) is 3.38. The van der Waals surface area contributed by atoms with Crippen LogP contribution in [0.4, 0.5) is 18.9 Å². The summed E-state index contributed by atoms with van der Waals surface area (Å²) in [4.78, 5) is 27.5. The smallest absolute Gasteiger partial charge is 0.352 e. The zero-order chi connectivity index (χ0) is 29.0. The SMILES string of the molecule is CC[C@@H](C)NC(=O)[C@H](C)N(Cc1ccc(Cl)cc1Cl)C(=O)CN(c1ccc(Cl)c(C(F)(F)F)c1)S(C)(=O)=O. The Bertz CT molecular complexity index is 1290. The maximum atomic E-state index is 13.5. The molecule has 0 saturated heterocycles. The Morgan fingerprint density at radius 3 is 2.18 bits per heavy atom. The Balaban J connectivity index is 2.51. The average Bonchev–Trinajstić information content (AvgIpc) is 2.80. The van der Waals surface area contributed by atoms with Crippen LogP contribution in [0.5, 0.6) is 0 Å². The first-order valence-electron chi connectivity index (χ1n) is 11.3. The van der Waals surface area contributed by atoms with Crippen LogP contribution in [0.2, 0.25) is 15.1 Å². The molecule has 0 radical (unpaired) electrons. The summed E-state index contributed by atoms with van der Waals surface area (Å²) in [5.41, 5.74) is -1.26. The van der Waals surface area contributed by atoms with Gasteiger partial charge >= 0.3 is 6.18 Å². The number of amides is 2. The monoisotopic (exact) mass is 615 g/mol. The third kappa shape index (κ3) is 8.39. The third-order valence-corrected chi connectivity index (χ3v) is 7.80. The second kappa shape index (κ2) is 12.8. The third-order valence-electron chi connectivity index (χ3n) is 5.75. The molecule has 7 nitrogen and oxygen atoms in total. The molecule has 0 aliphatic heterocycles. The first kappa shape index (κ1) is 32.0. The van der Waals surface area contributed by atoms with Gasteiger partial charge in [-0.05, 0) is 56.2 Å². The number of nitrogens with one attached hydrogen (secondary N) is 1. The highest BCUT2D eigenvalue weighted by Crippen LogP contribution is 2.37. The van der Waals surface area contributed by atoms with Crippen molar-refractivity contribution in [1.82, 2.24) is 10.2 Å². The number of anilines is 1. The number of alkyl halides is 3. The average molecular weight is 617 g/mol. The van der Waals surface area contributed by atoms with Crippen LogP contribution in [-0.2, 0) is 32.3 Å². The molecule has 0 aliphatic carbocycles. The lowest BCUT2D eigenvalue weighted by Crippen LogP contribution is -2.52. The van der Waals surface area contributed by atoms with Crippen molar-refractivity contribution in [2.45, 2.75) is 52.0 Å². The molecule has 2 atom stereocenters. The van der Waals surface area contributed by atoms with E-state index in [-0.39, 0.29) is 17.6 Å². The molecule has 0 spiro atoms. The van der Waals surface area contributed by atoms with Crippen LogP contribution < -0.4 is 9.62 Å². The number of rotatable bonds is 10. The van der Waals surface area contributed by atoms with Crippen LogP contribution in [0.25, 0.3) is 0 Å². The van der Waals surface area contributed by atoms with Crippen molar-refractivity contribution in [3.8, 4) is 0 Å². The molecule has 210 valence electrons. The molecule has 0 bridgehead atoms. The Morgan fingerprint density at radius 2 is 1.66 bits per heavy atom. The van der Waals surface area contributed by atoms with Crippen molar-refractivity contribution < 1.29 is 31.2 Å². The van der Waals surface area contributed by atoms with Gasteiger partial charge in [0.2, 0.25) is 21.8 Å². The predicted octanol–water partition coefficient (Wildman–Crippen LogP) is 5.76. The number of sulfonamides is 1. The lowest BCUT2D eigenvalue weighted by Gasteiger charge is -2.32. The zero-order valence-corrected chi connectivity index (χ0v) is 24.0. The van der Waals surface area contributed by atoms with Gasteiger partial charge in [0.1, 0.15) is 12.6 Å². The first-order valence-corrected chi connectivity index (χ1v) is 14.3. The molecule has 0 aliphatic rings. The molecular weight excluding hydrogens is 590 g/mol. The van der Waals surface area contributed by atoms with E-state index in [0.29, 0.717) is 27.4 Å². The first-order chi connectivity index (χ1) is 17.4. The Kier molecular flexibility index (Phi) is 10.7. The summed E-state index contributed by atoms with van der Waals surface area (Å²) in [6, 6.07) is 5.75. The minimum absolute atomic E-state index is 0.198. The Hall–Kier alpha value is -2.21. The van der Waals surface area contributed by atoms with E-state index in [4.69, 9.17) is 34.8 Å². The van der Waals surface area contributed by atoms with Crippen LogP contribution in [0, 0.1) is 0 Å². The maximum absolute atomic E-state index is 13.5. The van der Waals surface area contributed by atoms with Crippen molar-refractivity contribution in [1.29, 1.82) is 0 Å². The molecule has 0 heterocycles. The van der Waals surface area contributed by atoms with Crippen molar-refractivity contribution in [2.24, 2.45) is 0 Å². The Morgan fingerprint density at radius 1 is 1.03 bits per heavy atom. The van der Waals surface area contributed by atoms with Gasteiger partial charge in [-0.2, -0.15) is 13.2 Å². The summed E-state index contributed by atoms with van der Waals surface area (Å²) in [6.45, 7) is 4.00. The minimum atomic E-state index is -4.86. The molecule has 2 aromatic carbocycles. The fraction of sp³-hybridized carbons (Fsp3) is 0.417. The largest absolute Gasteiger partial charge is 0.417 e. The Labute approximate surface area is 234 Å². The molecule has 2 aromatic rings. The standard InChI is InChI=1S/C24H27Cl3F3N3O4S/c1-5-14(2)31-23(35)15(3)32(12-16-6-7-17(25)10-21(16)27)22(34)13-33(38(4,36)37)18-8-9-20(26)19(11-18)24(28,29)30/h6-11,14-15H,5,12-13H2,1-4H3,(H,31,35)/t14-,15+/m1/s1. The highest BCUT2D eigenvalue weighted by atomic mass is 35.5. The van der Waals surface area contributed by atoms with E-state index in [1.807, 2.05) is 6.92 Å². The van der Waals surface area contributed by atoms with E-state index < -0.39 is 56.9 Å². The van der Waals surface area contributed by atoms with E-state index in [1.165, 1.54) is 19.1 Å². The van der Waals surface area contributed by atoms with Crippen LogP contribution >= 0.6 is 34.8 Å². The highest BCUT2D eigenvalue weighted by Gasteiger charge is 2.35. The normalized spacial score (nSPS) is 13.5. The zero-order valence-electron chi connectivity index (χ0n) is 20.9. The topological polar surface area (TPSA) is 86.8 Å². The molecule has 0 aromatic heterocycles. The number of halogens is 6. The quantitative estimate of drug-likeness (QED) is 0.368. The number of benzene rings is 2. The summed E-state index contributed by atoms with van der Waals surface area (Å²) in [6.07, 6.45) is -3.49. The van der Waals surface area contributed by atoms with E-state index in [9.17, 15) is 31.2 Å². The molecule has 2 amide bonds. The molecule has 0 saturated carbocycles. The van der Waals surface area contributed by atoms with E-state index in [1.54, 1.807) is 13.0 Å². The minimum Gasteiger partial charge on any atom is -0.352 e. The van der Waals surface area contributed by atoms with Gasteiger partial charge in [0.05, 0.1) is 22.5 Å². The molecule has 0 unspecified atom stereocenters. The number of hydrogen-bond acceptors (Lipinski definition) is 4. The second-order valence-electron chi connectivity index (χ2n) is 8.68. The molecule has 1 N–H and O–H groups in total. The van der Waals surface area contributed by atoms with Gasteiger partial charge in [0.25, 0.3) is 0 Å². The summed E-state index contributed by atoms with van der Waals surface area (Å²) < 4.78 is 66.0. The number of nitrogens with zero attached hydrogens (tertiary/aromatic N) is 2. The summed E-state index contributed by atoms with van der Waals surface area (Å²) in [5.74, 6) is -1.36. The van der Waals surface area contributed by atoms with Gasteiger partial charge < -0.3 is 10.2 Å². The van der Waals surface area contributed by atoms with Crippen molar-refractivity contribution in [3.63, 3.8) is 0 Å². The van der Waals surface area contributed by atoms with Crippen molar-refractivity contribution in [3.05, 3.63) is 62.6 Å². The van der Waals surface area contributed by atoms with Crippen molar-refractivity contribution >= 4 is 62.3 Å². The van der Waals surface area contributed by atoms with E-state index >= 15 is 0 Å².